The van der Waals surface area contributed by atoms with Gasteiger partial charge >= 0.3 is 6.18 Å². The molecule has 1 heterocycles. The highest BCUT2D eigenvalue weighted by molar-refractivity contribution is 5.93. The van der Waals surface area contributed by atoms with Crippen molar-refractivity contribution in [2.75, 3.05) is 11.9 Å². The smallest absolute Gasteiger partial charge is 0.374 e. The van der Waals surface area contributed by atoms with Gasteiger partial charge in [-0.1, -0.05) is 0 Å². The maximum atomic E-state index is 12.4. The standard InChI is InChI=1S/C18H25F3N6O2/c19-18(20,21)10-24-12-3-5-17(6-4-12,7-8-22)27-9-13(14(23)28)15(26-27)25-16(29)11-1-2-11/h9,11-12,14,24,28H,1-7,10,23H2,(H,25,26,29)/t12-,14?,17-. The Balaban J connectivity index is 1.76. The summed E-state index contributed by atoms with van der Waals surface area (Å²) >= 11 is 0. The van der Waals surface area contributed by atoms with E-state index in [9.17, 15) is 28.3 Å². The van der Waals surface area contributed by atoms with E-state index in [2.05, 4.69) is 21.8 Å². The number of aliphatic hydroxyl groups is 1. The van der Waals surface area contributed by atoms with Crippen LogP contribution in [-0.4, -0.2) is 39.6 Å². The van der Waals surface area contributed by atoms with Crippen molar-refractivity contribution < 1.29 is 23.1 Å². The fourth-order valence-corrected chi connectivity index (χ4v) is 3.76. The molecule has 1 amide bonds. The Labute approximate surface area is 166 Å². The molecule has 0 bridgehead atoms. The molecule has 1 aromatic heterocycles. The lowest BCUT2D eigenvalue weighted by atomic mass is 9.77. The van der Waals surface area contributed by atoms with E-state index in [4.69, 9.17) is 5.73 Å². The van der Waals surface area contributed by atoms with E-state index < -0.39 is 24.5 Å². The predicted octanol–water partition coefficient (Wildman–Crippen LogP) is 1.88. The number of anilines is 1. The van der Waals surface area contributed by atoms with Gasteiger partial charge in [0.15, 0.2) is 5.82 Å². The molecular formula is C18H25F3N6O2. The molecule has 0 spiro atoms. The van der Waals surface area contributed by atoms with Gasteiger partial charge < -0.3 is 21.5 Å². The number of nitrogens with two attached hydrogens (primary N) is 1. The SMILES string of the molecule is N#CC[C@]1(n2cc(C(N)O)c(NC(=O)C3CC3)n2)CC[C@H](NCC(F)(F)F)CC1. The quantitative estimate of drug-likeness (QED) is 0.504. The van der Waals surface area contributed by atoms with Gasteiger partial charge in [0.25, 0.3) is 0 Å². The van der Waals surface area contributed by atoms with Crippen molar-refractivity contribution in [3.05, 3.63) is 11.8 Å². The number of amides is 1. The van der Waals surface area contributed by atoms with Gasteiger partial charge in [-0.25, -0.2) is 0 Å². The first-order valence-electron chi connectivity index (χ1n) is 9.65. The molecule has 0 saturated heterocycles. The van der Waals surface area contributed by atoms with Gasteiger partial charge in [0, 0.05) is 18.2 Å². The summed E-state index contributed by atoms with van der Waals surface area (Å²) in [5.41, 5.74) is 5.13. The average molecular weight is 414 g/mol. The highest BCUT2D eigenvalue weighted by Crippen LogP contribution is 2.39. The van der Waals surface area contributed by atoms with Crippen LogP contribution in [0.3, 0.4) is 0 Å². The zero-order chi connectivity index (χ0) is 21.2. The second kappa shape index (κ2) is 8.30. The number of carbonyl (C=O) groups is 1. The van der Waals surface area contributed by atoms with Crippen molar-refractivity contribution in [1.82, 2.24) is 15.1 Å². The number of nitrogens with one attached hydrogen (secondary N) is 2. The molecule has 0 aliphatic heterocycles. The predicted molar refractivity (Wildman–Crippen MR) is 97.2 cm³/mol. The molecule has 160 valence electrons. The topological polar surface area (TPSA) is 129 Å². The molecule has 0 radical (unpaired) electrons. The summed E-state index contributed by atoms with van der Waals surface area (Å²) in [6, 6.07) is 1.83. The second-order valence-electron chi connectivity index (χ2n) is 7.92. The monoisotopic (exact) mass is 414 g/mol. The van der Waals surface area contributed by atoms with E-state index in [-0.39, 0.29) is 35.7 Å². The molecule has 1 atom stereocenters. The van der Waals surface area contributed by atoms with Crippen LogP contribution in [0.4, 0.5) is 19.0 Å². The lowest BCUT2D eigenvalue weighted by Crippen LogP contribution is -2.45. The number of hydrogen-bond acceptors (Lipinski definition) is 6. The first kappa shape index (κ1) is 21.5. The highest BCUT2D eigenvalue weighted by Gasteiger charge is 2.40. The van der Waals surface area contributed by atoms with Crippen LogP contribution in [0.15, 0.2) is 6.20 Å². The summed E-state index contributed by atoms with van der Waals surface area (Å²) < 4.78 is 38.9. The molecular weight excluding hydrogens is 389 g/mol. The summed E-state index contributed by atoms with van der Waals surface area (Å²) in [5.74, 6) is -0.0933. The highest BCUT2D eigenvalue weighted by atomic mass is 19.4. The molecule has 1 aromatic rings. The molecule has 0 aromatic carbocycles. The Kier molecular flexibility index (Phi) is 6.16. The van der Waals surface area contributed by atoms with Crippen molar-refractivity contribution >= 4 is 11.7 Å². The van der Waals surface area contributed by atoms with Crippen molar-refractivity contribution in [2.45, 2.75) is 68.9 Å². The van der Waals surface area contributed by atoms with E-state index in [1.807, 2.05) is 0 Å². The number of nitrogens with zero attached hydrogens (tertiary/aromatic N) is 3. The third-order valence-corrected chi connectivity index (χ3v) is 5.65. The number of halogens is 3. The van der Waals surface area contributed by atoms with Crippen LogP contribution in [0.5, 0.6) is 0 Å². The summed E-state index contributed by atoms with van der Waals surface area (Å²) in [7, 11) is 0. The van der Waals surface area contributed by atoms with Gasteiger partial charge in [-0.2, -0.15) is 23.5 Å². The van der Waals surface area contributed by atoms with Gasteiger partial charge in [0.2, 0.25) is 5.91 Å². The van der Waals surface area contributed by atoms with Gasteiger partial charge in [-0.3, -0.25) is 9.48 Å². The number of rotatable bonds is 7. The lowest BCUT2D eigenvalue weighted by Gasteiger charge is -2.39. The van der Waals surface area contributed by atoms with E-state index in [0.29, 0.717) is 25.7 Å². The Morgan fingerprint density at radius 1 is 1.41 bits per heavy atom. The van der Waals surface area contributed by atoms with Crippen LogP contribution < -0.4 is 16.4 Å². The molecule has 29 heavy (non-hydrogen) atoms. The van der Waals surface area contributed by atoms with E-state index in [1.165, 1.54) is 6.20 Å². The third kappa shape index (κ3) is 5.26. The summed E-state index contributed by atoms with van der Waals surface area (Å²) in [6.45, 7) is -1.05. The molecule has 2 aliphatic rings. The van der Waals surface area contributed by atoms with Gasteiger partial charge in [-0.05, 0) is 38.5 Å². The largest absolute Gasteiger partial charge is 0.401 e. The van der Waals surface area contributed by atoms with Crippen LogP contribution in [0, 0.1) is 17.2 Å². The van der Waals surface area contributed by atoms with Gasteiger partial charge in [0.1, 0.15) is 6.23 Å². The van der Waals surface area contributed by atoms with Crippen LogP contribution in [0.2, 0.25) is 0 Å². The van der Waals surface area contributed by atoms with E-state index >= 15 is 0 Å². The van der Waals surface area contributed by atoms with Gasteiger partial charge in [-0.15, -0.1) is 0 Å². The van der Waals surface area contributed by atoms with Crippen molar-refractivity contribution in [3.8, 4) is 6.07 Å². The van der Waals surface area contributed by atoms with Crippen LogP contribution in [0.1, 0.15) is 56.7 Å². The minimum atomic E-state index is -4.27. The maximum absolute atomic E-state index is 12.4. The molecule has 2 fully saturated rings. The Morgan fingerprint density at radius 3 is 2.59 bits per heavy atom. The number of aromatic nitrogens is 2. The summed E-state index contributed by atoms with van der Waals surface area (Å²) in [5, 5.41) is 28.8. The summed E-state index contributed by atoms with van der Waals surface area (Å²) in [4.78, 5) is 12.1. The number of hydrogen-bond donors (Lipinski definition) is 4. The Hall–Kier alpha value is -2.16. The Bertz CT molecular complexity index is 774. The normalized spacial score (nSPS) is 26.0. The van der Waals surface area contributed by atoms with Crippen LogP contribution in [0.25, 0.3) is 0 Å². The molecule has 5 N–H and O–H groups in total. The Morgan fingerprint density at radius 2 is 2.07 bits per heavy atom. The van der Waals surface area contributed by atoms with Crippen molar-refractivity contribution in [3.63, 3.8) is 0 Å². The molecule has 2 saturated carbocycles. The van der Waals surface area contributed by atoms with Crippen molar-refractivity contribution in [2.24, 2.45) is 11.7 Å². The zero-order valence-electron chi connectivity index (χ0n) is 15.9. The first-order chi connectivity index (χ1) is 13.6. The number of nitriles is 1. The average Bonchev–Trinajstić information content (AvgIpc) is 3.41. The number of carbonyl (C=O) groups excluding carboxylic acids is 1. The number of aliphatic hydroxyl groups excluding tert-OH is 1. The molecule has 3 rings (SSSR count). The van der Waals surface area contributed by atoms with E-state index in [0.717, 1.165) is 12.8 Å². The molecule has 2 aliphatic carbocycles. The molecule has 8 nitrogen and oxygen atoms in total. The van der Waals surface area contributed by atoms with Crippen LogP contribution >= 0.6 is 0 Å². The minimum Gasteiger partial charge on any atom is -0.374 e. The van der Waals surface area contributed by atoms with E-state index in [1.54, 1.807) is 4.68 Å². The maximum Gasteiger partial charge on any atom is 0.401 e. The fraction of sp³-hybridized carbons (Fsp3) is 0.722. The lowest BCUT2D eigenvalue weighted by molar-refractivity contribution is -0.127. The van der Waals surface area contributed by atoms with Gasteiger partial charge in [0.05, 0.1) is 30.1 Å². The van der Waals surface area contributed by atoms with Crippen molar-refractivity contribution in [1.29, 1.82) is 5.26 Å². The fourth-order valence-electron chi connectivity index (χ4n) is 3.76. The number of alkyl halides is 3. The molecule has 11 heteroatoms. The third-order valence-electron chi connectivity index (χ3n) is 5.65. The first-order valence-corrected chi connectivity index (χ1v) is 9.65. The summed E-state index contributed by atoms with van der Waals surface area (Å²) in [6.07, 6.45) is -0.627. The second-order valence-corrected chi connectivity index (χ2v) is 7.92. The molecule has 1 unspecified atom stereocenters. The van der Waals surface area contributed by atoms with Crippen LogP contribution in [-0.2, 0) is 10.3 Å². The zero-order valence-corrected chi connectivity index (χ0v) is 15.9. The minimum absolute atomic E-state index is 0.0638.